The standard InChI is InChI=1S/C15H18FNO3S/c1-3-14-11(9-18)17-15(21-14)10-4-5-12(19-2)13(8-10)20-7-6-16/h4-5,8,18H,3,6-7,9H2,1-2H3. The minimum Gasteiger partial charge on any atom is -0.493 e. The van der Waals surface area contributed by atoms with E-state index in [2.05, 4.69) is 4.98 Å². The van der Waals surface area contributed by atoms with Gasteiger partial charge < -0.3 is 14.6 Å². The molecule has 6 heteroatoms. The van der Waals surface area contributed by atoms with E-state index in [1.807, 2.05) is 13.0 Å². The normalized spacial score (nSPS) is 10.7. The van der Waals surface area contributed by atoms with Crippen LogP contribution in [-0.4, -0.2) is 30.5 Å². The molecule has 2 rings (SSSR count). The fourth-order valence-electron chi connectivity index (χ4n) is 1.98. The van der Waals surface area contributed by atoms with Crippen LogP contribution in [0.3, 0.4) is 0 Å². The summed E-state index contributed by atoms with van der Waals surface area (Å²) in [5, 5.41) is 10.1. The highest BCUT2D eigenvalue weighted by molar-refractivity contribution is 7.15. The van der Waals surface area contributed by atoms with Gasteiger partial charge in [-0.05, 0) is 24.6 Å². The molecule has 0 bridgehead atoms. The minimum atomic E-state index is -0.556. The van der Waals surface area contributed by atoms with Crippen molar-refractivity contribution in [2.45, 2.75) is 20.0 Å². The van der Waals surface area contributed by atoms with Crippen LogP contribution in [0.15, 0.2) is 18.2 Å². The molecule has 0 unspecified atom stereocenters. The van der Waals surface area contributed by atoms with Crippen molar-refractivity contribution in [1.82, 2.24) is 4.98 Å². The lowest BCUT2D eigenvalue weighted by atomic mass is 10.2. The second kappa shape index (κ2) is 7.38. The van der Waals surface area contributed by atoms with Crippen LogP contribution in [0.25, 0.3) is 10.6 Å². The molecule has 1 N–H and O–H groups in total. The Morgan fingerprint density at radius 2 is 2.14 bits per heavy atom. The number of aliphatic hydroxyl groups is 1. The van der Waals surface area contributed by atoms with Crippen LogP contribution >= 0.6 is 11.3 Å². The molecule has 2 aromatic rings. The zero-order valence-corrected chi connectivity index (χ0v) is 12.9. The van der Waals surface area contributed by atoms with E-state index in [1.54, 1.807) is 30.6 Å². The highest BCUT2D eigenvalue weighted by Gasteiger charge is 2.13. The number of hydrogen-bond donors (Lipinski definition) is 1. The van der Waals surface area contributed by atoms with Crippen molar-refractivity contribution in [3.05, 3.63) is 28.8 Å². The molecule has 0 fully saturated rings. The molecular weight excluding hydrogens is 293 g/mol. The first-order valence-electron chi connectivity index (χ1n) is 6.70. The molecule has 0 aliphatic carbocycles. The van der Waals surface area contributed by atoms with E-state index in [4.69, 9.17) is 9.47 Å². The summed E-state index contributed by atoms with van der Waals surface area (Å²) in [5.74, 6) is 1.05. The highest BCUT2D eigenvalue weighted by atomic mass is 32.1. The van der Waals surface area contributed by atoms with Crippen molar-refractivity contribution in [2.24, 2.45) is 0 Å². The van der Waals surface area contributed by atoms with Crippen molar-refractivity contribution in [3.8, 4) is 22.1 Å². The van der Waals surface area contributed by atoms with Crippen LogP contribution in [0.4, 0.5) is 4.39 Å². The molecule has 0 amide bonds. The third-order valence-electron chi connectivity index (χ3n) is 2.99. The molecule has 0 aliphatic heterocycles. The van der Waals surface area contributed by atoms with Gasteiger partial charge in [-0.2, -0.15) is 0 Å². The Balaban J connectivity index is 2.37. The van der Waals surface area contributed by atoms with Gasteiger partial charge in [-0.15, -0.1) is 11.3 Å². The molecule has 4 nitrogen and oxygen atoms in total. The second-order valence-electron chi connectivity index (χ2n) is 4.30. The molecule has 0 saturated heterocycles. The fourth-order valence-corrected chi connectivity index (χ4v) is 2.98. The number of aromatic nitrogens is 1. The molecule has 21 heavy (non-hydrogen) atoms. The van der Waals surface area contributed by atoms with Gasteiger partial charge in [-0.1, -0.05) is 6.92 Å². The first-order valence-corrected chi connectivity index (χ1v) is 7.51. The number of hydrogen-bond acceptors (Lipinski definition) is 5. The lowest BCUT2D eigenvalue weighted by molar-refractivity contribution is 0.260. The third-order valence-corrected chi connectivity index (χ3v) is 4.29. The summed E-state index contributed by atoms with van der Waals surface area (Å²) in [6, 6.07) is 5.43. The van der Waals surface area contributed by atoms with Gasteiger partial charge in [0.05, 0.1) is 19.4 Å². The highest BCUT2D eigenvalue weighted by Crippen LogP contribution is 2.35. The van der Waals surface area contributed by atoms with Crippen LogP contribution < -0.4 is 9.47 Å². The topological polar surface area (TPSA) is 51.6 Å². The number of alkyl halides is 1. The molecular formula is C15H18FNO3S. The summed E-state index contributed by atoms with van der Waals surface area (Å²) >= 11 is 1.54. The van der Waals surface area contributed by atoms with Gasteiger partial charge in [0.2, 0.25) is 0 Å². The Labute approximate surface area is 127 Å². The zero-order valence-electron chi connectivity index (χ0n) is 12.1. The Bertz CT molecular complexity index is 579. The van der Waals surface area contributed by atoms with E-state index in [-0.39, 0.29) is 13.2 Å². The average Bonchev–Trinajstić information content (AvgIpc) is 2.95. The van der Waals surface area contributed by atoms with Crippen LogP contribution in [0.1, 0.15) is 17.5 Å². The van der Waals surface area contributed by atoms with Crippen LogP contribution in [-0.2, 0) is 13.0 Å². The van der Waals surface area contributed by atoms with Crippen molar-refractivity contribution in [3.63, 3.8) is 0 Å². The Morgan fingerprint density at radius 3 is 2.71 bits per heavy atom. The molecule has 0 aliphatic rings. The van der Waals surface area contributed by atoms with E-state index < -0.39 is 6.67 Å². The summed E-state index contributed by atoms with van der Waals surface area (Å²) in [5.41, 5.74) is 1.57. The summed E-state index contributed by atoms with van der Waals surface area (Å²) < 4.78 is 22.8. The maximum absolute atomic E-state index is 12.3. The maximum Gasteiger partial charge on any atom is 0.161 e. The Morgan fingerprint density at radius 1 is 1.33 bits per heavy atom. The largest absolute Gasteiger partial charge is 0.493 e. The van der Waals surface area contributed by atoms with Crippen LogP contribution in [0.2, 0.25) is 0 Å². The van der Waals surface area contributed by atoms with Crippen molar-refractivity contribution in [1.29, 1.82) is 0 Å². The van der Waals surface area contributed by atoms with Gasteiger partial charge in [-0.25, -0.2) is 9.37 Å². The van der Waals surface area contributed by atoms with Gasteiger partial charge >= 0.3 is 0 Å². The van der Waals surface area contributed by atoms with Crippen molar-refractivity contribution in [2.75, 3.05) is 20.4 Å². The van der Waals surface area contributed by atoms with E-state index in [1.165, 1.54) is 0 Å². The number of methoxy groups -OCH3 is 1. The molecule has 0 radical (unpaired) electrons. The lowest BCUT2D eigenvalue weighted by Crippen LogP contribution is -2.00. The van der Waals surface area contributed by atoms with Gasteiger partial charge in [0.15, 0.2) is 11.5 Å². The van der Waals surface area contributed by atoms with Gasteiger partial charge in [0, 0.05) is 10.4 Å². The van der Waals surface area contributed by atoms with Gasteiger partial charge in [0.25, 0.3) is 0 Å². The molecule has 0 atom stereocenters. The predicted octanol–water partition coefficient (Wildman–Crippen LogP) is 3.22. The number of benzene rings is 1. The van der Waals surface area contributed by atoms with Crippen molar-refractivity contribution >= 4 is 11.3 Å². The first-order chi connectivity index (χ1) is 10.2. The summed E-state index contributed by atoms with van der Waals surface area (Å²) in [7, 11) is 1.54. The molecule has 1 aromatic heterocycles. The maximum atomic E-state index is 12.3. The third kappa shape index (κ3) is 3.51. The first kappa shape index (κ1) is 15.7. The smallest absolute Gasteiger partial charge is 0.161 e. The lowest BCUT2D eigenvalue weighted by Gasteiger charge is -2.10. The number of aliphatic hydroxyl groups excluding tert-OH is 1. The van der Waals surface area contributed by atoms with Gasteiger partial charge in [0.1, 0.15) is 18.3 Å². The molecule has 1 aromatic carbocycles. The minimum absolute atomic E-state index is 0.0141. The molecule has 114 valence electrons. The summed E-state index contributed by atoms with van der Waals surface area (Å²) in [4.78, 5) is 5.51. The van der Waals surface area contributed by atoms with Crippen LogP contribution in [0, 0.1) is 0 Å². The molecule has 0 spiro atoms. The Kier molecular flexibility index (Phi) is 5.52. The SMILES string of the molecule is CCc1sc(-c2ccc(OC)c(OCCF)c2)nc1CO. The number of ether oxygens (including phenoxy) is 2. The number of rotatable bonds is 7. The number of aryl methyl sites for hydroxylation is 1. The predicted molar refractivity (Wildman–Crippen MR) is 80.9 cm³/mol. The van der Waals surface area contributed by atoms with Crippen molar-refractivity contribution < 1.29 is 19.0 Å². The van der Waals surface area contributed by atoms with E-state index in [9.17, 15) is 9.50 Å². The van der Waals surface area contributed by atoms with Gasteiger partial charge in [-0.3, -0.25) is 0 Å². The fraction of sp³-hybridized carbons (Fsp3) is 0.400. The van der Waals surface area contributed by atoms with E-state index in [0.29, 0.717) is 17.2 Å². The summed E-state index contributed by atoms with van der Waals surface area (Å²) in [6.07, 6.45) is 0.828. The van der Waals surface area contributed by atoms with E-state index >= 15 is 0 Å². The number of thiazole rings is 1. The van der Waals surface area contributed by atoms with E-state index in [0.717, 1.165) is 21.9 Å². The zero-order chi connectivity index (χ0) is 15.2. The summed E-state index contributed by atoms with van der Waals surface area (Å²) in [6.45, 7) is 1.39. The quantitative estimate of drug-likeness (QED) is 0.853. The Hall–Kier alpha value is -1.66. The molecule has 1 heterocycles. The number of nitrogens with zero attached hydrogens (tertiary/aromatic N) is 1. The van der Waals surface area contributed by atoms with Crippen LogP contribution in [0.5, 0.6) is 11.5 Å². The molecule has 0 saturated carbocycles. The monoisotopic (exact) mass is 311 g/mol. The average molecular weight is 311 g/mol. The number of halogens is 1. The second-order valence-corrected chi connectivity index (χ2v) is 5.39.